The molecule has 0 aliphatic heterocycles. The Bertz CT molecular complexity index is 574. The van der Waals surface area contributed by atoms with Crippen LogP contribution in [0.2, 0.25) is 0 Å². The van der Waals surface area contributed by atoms with E-state index in [1.165, 1.54) is 16.7 Å². The lowest BCUT2D eigenvalue weighted by atomic mass is 10.0. The molecule has 1 aromatic carbocycles. The summed E-state index contributed by atoms with van der Waals surface area (Å²) < 4.78 is 11.3. The lowest BCUT2D eigenvalue weighted by molar-refractivity contribution is 0.233. The molecule has 1 aliphatic carbocycles. The molecule has 1 aliphatic rings. The first-order valence-electron chi connectivity index (χ1n) is 7.84. The summed E-state index contributed by atoms with van der Waals surface area (Å²) in [7, 11) is -0.839. The fraction of sp³-hybridized carbons (Fsp3) is 0.588. The van der Waals surface area contributed by atoms with Crippen molar-refractivity contribution < 1.29 is 9.00 Å². The Hall–Kier alpha value is -1.36. The highest BCUT2D eigenvalue weighted by atomic mass is 32.2. The van der Waals surface area contributed by atoms with Crippen molar-refractivity contribution in [3.63, 3.8) is 0 Å². The molecule has 22 heavy (non-hydrogen) atoms. The van der Waals surface area contributed by atoms with Gasteiger partial charge in [-0.05, 0) is 36.8 Å². The van der Waals surface area contributed by atoms with Gasteiger partial charge in [-0.3, -0.25) is 4.21 Å². The summed E-state index contributed by atoms with van der Waals surface area (Å²) in [4.78, 5) is 12.1. The van der Waals surface area contributed by atoms with Gasteiger partial charge in [0.1, 0.15) is 0 Å². The Morgan fingerprint density at radius 3 is 2.86 bits per heavy atom. The van der Waals surface area contributed by atoms with Crippen LogP contribution >= 0.6 is 0 Å². The van der Waals surface area contributed by atoms with E-state index in [4.69, 9.17) is 0 Å². The van der Waals surface area contributed by atoms with E-state index in [0.29, 0.717) is 12.5 Å². The SMILES string of the molecule is Cc1ccc2c(c1)[C@H](NC(=O)NCC[C@H](C)[S@](C)=O)[C@@H](C)C2. The fourth-order valence-corrected chi connectivity index (χ4v) is 3.38. The molecule has 0 bridgehead atoms. The smallest absolute Gasteiger partial charge is 0.315 e. The number of rotatable bonds is 5. The number of carbonyl (C=O) groups is 1. The number of fused-ring (bicyclic) bond motifs is 1. The average molecular weight is 322 g/mol. The van der Waals surface area contributed by atoms with E-state index in [9.17, 15) is 9.00 Å². The third-order valence-electron chi connectivity index (χ3n) is 4.44. The molecule has 0 fully saturated rings. The van der Waals surface area contributed by atoms with Crippen LogP contribution < -0.4 is 10.6 Å². The molecular formula is C17H26N2O2S. The monoisotopic (exact) mass is 322 g/mol. The largest absolute Gasteiger partial charge is 0.338 e. The molecule has 0 unspecified atom stereocenters. The standard InChI is InChI=1S/C17H26N2O2S/c1-11-5-6-14-10-12(2)16(15(14)9-11)19-17(20)18-8-7-13(3)22(4)21/h5-6,9,12-13,16H,7-8,10H2,1-4H3,(H2,18,19,20)/t12-,13-,16+,22-/m0/s1. The Morgan fingerprint density at radius 1 is 1.45 bits per heavy atom. The zero-order valence-corrected chi connectivity index (χ0v) is 14.6. The molecule has 122 valence electrons. The van der Waals surface area contributed by atoms with Gasteiger partial charge in [0.05, 0.1) is 6.04 Å². The minimum Gasteiger partial charge on any atom is -0.338 e. The van der Waals surface area contributed by atoms with E-state index in [1.807, 2.05) is 6.92 Å². The van der Waals surface area contributed by atoms with Gasteiger partial charge in [0.15, 0.2) is 0 Å². The van der Waals surface area contributed by atoms with Crippen LogP contribution in [0.1, 0.15) is 43.0 Å². The van der Waals surface area contributed by atoms with E-state index in [-0.39, 0.29) is 17.3 Å². The molecule has 1 aromatic rings. The van der Waals surface area contributed by atoms with Gasteiger partial charge in [-0.15, -0.1) is 0 Å². The molecule has 2 amide bonds. The van der Waals surface area contributed by atoms with Crippen LogP contribution in [0.5, 0.6) is 0 Å². The lowest BCUT2D eigenvalue weighted by Gasteiger charge is -2.20. The number of carbonyl (C=O) groups excluding carboxylic acids is 1. The highest BCUT2D eigenvalue weighted by molar-refractivity contribution is 7.84. The van der Waals surface area contributed by atoms with Crippen molar-refractivity contribution in [1.29, 1.82) is 0 Å². The minimum atomic E-state index is -0.839. The Morgan fingerprint density at radius 2 is 2.18 bits per heavy atom. The van der Waals surface area contributed by atoms with Crippen LogP contribution in [0.3, 0.4) is 0 Å². The summed E-state index contributed by atoms with van der Waals surface area (Å²) in [6.07, 6.45) is 3.43. The van der Waals surface area contributed by atoms with Crippen LogP contribution in [0.15, 0.2) is 18.2 Å². The maximum Gasteiger partial charge on any atom is 0.315 e. The Kier molecular flexibility index (Phi) is 5.62. The van der Waals surface area contributed by atoms with Crippen LogP contribution in [-0.4, -0.2) is 28.3 Å². The number of urea groups is 1. The van der Waals surface area contributed by atoms with Crippen LogP contribution in [-0.2, 0) is 17.2 Å². The summed E-state index contributed by atoms with van der Waals surface area (Å²) in [5, 5.41) is 6.07. The zero-order valence-electron chi connectivity index (χ0n) is 13.8. The molecular weight excluding hydrogens is 296 g/mol. The summed E-state index contributed by atoms with van der Waals surface area (Å²) in [5.41, 5.74) is 3.79. The highest BCUT2D eigenvalue weighted by Crippen LogP contribution is 2.36. The van der Waals surface area contributed by atoms with Crippen LogP contribution in [0, 0.1) is 12.8 Å². The first kappa shape index (κ1) is 17.0. The third-order valence-corrected chi connectivity index (χ3v) is 5.81. The highest BCUT2D eigenvalue weighted by Gasteiger charge is 2.30. The molecule has 0 radical (unpaired) electrons. The van der Waals surface area contributed by atoms with Gasteiger partial charge in [0.2, 0.25) is 0 Å². The second-order valence-corrected chi connectivity index (χ2v) is 8.16. The average Bonchev–Trinajstić information content (AvgIpc) is 2.74. The maximum absolute atomic E-state index is 12.1. The van der Waals surface area contributed by atoms with Gasteiger partial charge in [-0.1, -0.05) is 37.6 Å². The summed E-state index contributed by atoms with van der Waals surface area (Å²) >= 11 is 0. The quantitative estimate of drug-likeness (QED) is 0.875. The molecule has 0 saturated heterocycles. The summed E-state index contributed by atoms with van der Waals surface area (Å²) in [5.74, 6) is 0.407. The lowest BCUT2D eigenvalue weighted by Crippen LogP contribution is -2.40. The number of hydrogen-bond acceptors (Lipinski definition) is 2. The minimum absolute atomic E-state index is 0.0765. The summed E-state index contributed by atoms with van der Waals surface area (Å²) in [6.45, 7) is 6.73. The number of aryl methyl sites for hydroxylation is 1. The second kappa shape index (κ2) is 7.27. The Labute approximate surface area is 135 Å². The molecule has 2 rings (SSSR count). The molecule has 4 atom stereocenters. The van der Waals surface area contributed by atoms with Crippen molar-refractivity contribution in [2.45, 2.75) is 44.9 Å². The topological polar surface area (TPSA) is 58.2 Å². The van der Waals surface area contributed by atoms with E-state index >= 15 is 0 Å². The van der Waals surface area contributed by atoms with Gasteiger partial charge < -0.3 is 10.6 Å². The maximum atomic E-state index is 12.1. The van der Waals surface area contributed by atoms with Gasteiger partial charge in [0, 0.05) is 28.9 Å². The van der Waals surface area contributed by atoms with Gasteiger partial charge in [-0.2, -0.15) is 0 Å². The number of amides is 2. The first-order valence-corrected chi connectivity index (χ1v) is 9.46. The zero-order chi connectivity index (χ0) is 16.3. The molecule has 2 N–H and O–H groups in total. The van der Waals surface area contributed by atoms with Crippen LogP contribution in [0.25, 0.3) is 0 Å². The normalized spacial score (nSPS) is 22.7. The molecule has 0 spiro atoms. The molecule has 0 saturated carbocycles. The Balaban J connectivity index is 1.90. The number of benzene rings is 1. The van der Waals surface area contributed by atoms with Crippen molar-refractivity contribution in [2.24, 2.45) is 5.92 Å². The van der Waals surface area contributed by atoms with Crippen molar-refractivity contribution in [3.8, 4) is 0 Å². The first-order chi connectivity index (χ1) is 10.4. The molecule has 4 nitrogen and oxygen atoms in total. The van der Waals surface area contributed by atoms with Gasteiger partial charge >= 0.3 is 6.03 Å². The fourth-order valence-electron chi connectivity index (χ4n) is 2.93. The predicted molar refractivity (Wildman–Crippen MR) is 91.5 cm³/mol. The van der Waals surface area contributed by atoms with Crippen molar-refractivity contribution in [2.75, 3.05) is 12.8 Å². The second-order valence-electron chi connectivity index (χ2n) is 6.36. The van der Waals surface area contributed by atoms with E-state index in [0.717, 1.165) is 12.8 Å². The molecule has 5 heteroatoms. The van der Waals surface area contributed by atoms with Crippen molar-refractivity contribution in [3.05, 3.63) is 34.9 Å². The van der Waals surface area contributed by atoms with Crippen LogP contribution in [0.4, 0.5) is 4.79 Å². The van der Waals surface area contributed by atoms with Gasteiger partial charge in [0.25, 0.3) is 0 Å². The van der Waals surface area contributed by atoms with E-state index in [2.05, 4.69) is 42.7 Å². The molecule has 0 aromatic heterocycles. The number of nitrogens with one attached hydrogen (secondary N) is 2. The van der Waals surface area contributed by atoms with E-state index in [1.54, 1.807) is 6.26 Å². The summed E-state index contributed by atoms with van der Waals surface area (Å²) in [6, 6.07) is 6.40. The number of hydrogen-bond donors (Lipinski definition) is 2. The van der Waals surface area contributed by atoms with Gasteiger partial charge in [-0.25, -0.2) is 4.79 Å². The van der Waals surface area contributed by atoms with Crippen molar-refractivity contribution >= 4 is 16.8 Å². The molecule has 0 heterocycles. The predicted octanol–water partition coefficient (Wildman–Crippen LogP) is 2.68. The van der Waals surface area contributed by atoms with Crippen molar-refractivity contribution in [1.82, 2.24) is 10.6 Å². The third kappa shape index (κ3) is 4.09. The van der Waals surface area contributed by atoms with E-state index < -0.39 is 10.8 Å².